The zero-order chi connectivity index (χ0) is 12.1. The van der Waals surface area contributed by atoms with Crippen molar-refractivity contribution in [1.82, 2.24) is 10.2 Å². The Bertz CT molecular complexity index is 245. The van der Waals surface area contributed by atoms with Crippen molar-refractivity contribution in [2.45, 2.75) is 57.9 Å². The van der Waals surface area contributed by atoms with E-state index in [1.165, 1.54) is 25.7 Å². The topological polar surface area (TPSA) is 32.3 Å². The molecule has 1 aliphatic heterocycles. The van der Waals surface area contributed by atoms with Crippen LogP contribution in [-0.2, 0) is 4.79 Å². The van der Waals surface area contributed by atoms with Gasteiger partial charge in [0.25, 0.3) is 0 Å². The fourth-order valence-electron chi connectivity index (χ4n) is 2.67. The molecule has 1 saturated carbocycles. The van der Waals surface area contributed by atoms with E-state index < -0.39 is 0 Å². The van der Waals surface area contributed by atoms with E-state index in [2.05, 4.69) is 17.1 Å². The van der Waals surface area contributed by atoms with Gasteiger partial charge in [-0.15, -0.1) is 0 Å². The Morgan fingerprint density at radius 3 is 2.76 bits per heavy atom. The summed E-state index contributed by atoms with van der Waals surface area (Å²) in [5.41, 5.74) is 0. The van der Waals surface area contributed by atoms with Crippen molar-refractivity contribution in [1.29, 1.82) is 0 Å². The molecule has 0 spiro atoms. The first-order valence-corrected chi connectivity index (χ1v) is 7.31. The van der Waals surface area contributed by atoms with Crippen LogP contribution in [0.2, 0.25) is 0 Å². The van der Waals surface area contributed by atoms with Gasteiger partial charge in [0.2, 0.25) is 5.91 Å². The molecule has 1 aliphatic carbocycles. The van der Waals surface area contributed by atoms with E-state index in [0.29, 0.717) is 17.9 Å². The van der Waals surface area contributed by atoms with Gasteiger partial charge < -0.3 is 10.2 Å². The summed E-state index contributed by atoms with van der Waals surface area (Å²) in [6.45, 7) is 5.41. The van der Waals surface area contributed by atoms with Crippen LogP contribution in [0.3, 0.4) is 0 Å². The van der Waals surface area contributed by atoms with E-state index >= 15 is 0 Å². The number of nitrogens with zero attached hydrogens (tertiary/aromatic N) is 1. The highest BCUT2D eigenvalue weighted by molar-refractivity contribution is 5.76. The van der Waals surface area contributed by atoms with Crippen LogP contribution in [0.1, 0.15) is 51.9 Å². The summed E-state index contributed by atoms with van der Waals surface area (Å²) in [6.07, 6.45) is 7.95. The van der Waals surface area contributed by atoms with Gasteiger partial charge >= 0.3 is 0 Å². The highest BCUT2D eigenvalue weighted by Crippen LogP contribution is 2.29. The maximum absolute atomic E-state index is 12.2. The monoisotopic (exact) mass is 238 g/mol. The van der Waals surface area contributed by atoms with Gasteiger partial charge in [0.1, 0.15) is 0 Å². The molecule has 0 bridgehead atoms. The van der Waals surface area contributed by atoms with Crippen LogP contribution in [0.25, 0.3) is 0 Å². The third kappa shape index (κ3) is 3.98. The SMILES string of the molecule is CCCCC(=O)N(CC1CCCNC1)C1CC1. The predicted octanol–water partition coefficient (Wildman–Crippen LogP) is 2.17. The van der Waals surface area contributed by atoms with E-state index in [1.807, 2.05) is 0 Å². The van der Waals surface area contributed by atoms with Gasteiger partial charge in [-0.25, -0.2) is 0 Å². The molecule has 3 nitrogen and oxygen atoms in total. The summed E-state index contributed by atoms with van der Waals surface area (Å²) in [7, 11) is 0. The molecule has 98 valence electrons. The fraction of sp³-hybridized carbons (Fsp3) is 0.929. The number of amides is 1. The molecule has 2 fully saturated rings. The largest absolute Gasteiger partial charge is 0.339 e. The normalized spacial score (nSPS) is 24.6. The molecule has 1 saturated heterocycles. The molecule has 0 aromatic rings. The lowest BCUT2D eigenvalue weighted by atomic mass is 9.98. The molecule has 1 amide bonds. The van der Waals surface area contributed by atoms with Crippen LogP contribution >= 0.6 is 0 Å². The second-order valence-corrected chi connectivity index (χ2v) is 5.59. The molecule has 1 heterocycles. The molecule has 17 heavy (non-hydrogen) atoms. The van der Waals surface area contributed by atoms with Gasteiger partial charge in [0.05, 0.1) is 0 Å². The van der Waals surface area contributed by atoms with Crippen molar-refractivity contribution < 1.29 is 4.79 Å². The van der Waals surface area contributed by atoms with E-state index in [4.69, 9.17) is 0 Å². The summed E-state index contributed by atoms with van der Waals surface area (Å²) >= 11 is 0. The summed E-state index contributed by atoms with van der Waals surface area (Å²) in [5.74, 6) is 1.09. The second kappa shape index (κ2) is 6.39. The maximum Gasteiger partial charge on any atom is 0.222 e. The minimum Gasteiger partial charge on any atom is -0.339 e. The van der Waals surface area contributed by atoms with Gasteiger partial charge in [0, 0.05) is 19.0 Å². The van der Waals surface area contributed by atoms with E-state index in [-0.39, 0.29) is 0 Å². The third-order valence-electron chi connectivity index (χ3n) is 3.91. The quantitative estimate of drug-likeness (QED) is 0.769. The molecule has 0 aromatic carbocycles. The first kappa shape index (κ1) is 12.9. The summed E-state index contributed by atoms with van der Waals surface area (Å²) in [6, 6.07) is 0.585. The van der Waals surface area contributed by atoms with E-state index in [9.17, 15) is 4.79 Å². The second-order valence-electron chi connectivity index (χ2n) is 5.59. The standard InChI is InChI=1S/C14H26N2O/c1-2-3-6-14(17)16(13-7-8-13)11-12-5-4-9-15-10-12/h12-13,15H,2-11H2,1H3. The number of carbonyl (C=O) groups is 1. The van der Waals surface area contributed by atoms with Crippen LogP contribution in [0, 0.1) is 5.92 Å². The van der Waals surface area contributed by atoms with Crippen LogP contribution in [0.4, 0.5) is 0 Å². The minimum absolute atomic E-state index is 0.403. The van der Waals surface area contributed by atoms with Gasteiger partial charge in [0.15, 0.2) is 0 Å². The number of piperidine rings is 1. The number of nitrogens with one attached hydrogen (secondary N) is 1. The number of unbranched alkanes of at least 4 members (excludes halogenated alkanes) is 1. The number of carbonyl (C=O) groups excluding carboxylic acids is 1. The zero-order valence-electron chi connectivity index (χ0n) is 11.1. The first-order valence-electron chi connectivity index (χ1n) is 7.31. The highest BCUT2D eigenvalue weighted by atomic mass is 16.2. The average molecular weight is 238 g/mol. The smallest absolute Gasteiger partial charge is 0.222 e. The zero-order valence-corrected chi connectivity index (χ0v) is 11.1. The predicted molar refractivity (Wildman–Crippen MR) is 69.9 cm³/mol. The molecular formula is C14H26N2O. The first-order chi connectivity index (χ1) is 8.31. The molecule has 0 aromatic heterocycles. The van der Waals surface area contributed by atoms with Crippen molar-refractivity contribution in [2.24, 2.45) is 5.92 Å². The summed E-state index contributed by atoms with van der Waals surface area (Å²) in [5, 5.41) is 3.44. The van der Waals surface area contributed by atoms with Gasteiger partial charge in [-0.2, -0.15) is 0 Å². The van der Waals surface area contributed by atoms with Crippen LogP contribution in [-0.4, -0.2) is 36.5 Å². The average Bonchev–Trinajstić information content (AvgIpc) is 3.18. The lowest BCUT2D eigenvalue weighted by Gasteiger charge is -2.30. The lowest BCUT2D eigenvalue weighted by Crippen LogP contribution is -2.42. The number of hydrogen-bond donors (Lipinski definition) is 1. The number of hydrogen-bond acceptors (Lipinski definition) is 2. The molecule has 1 N–H and O–H groups in total. The summed E-state index contributed by atoms with van der Waals surface area (Å²) in [4.78, 5) is 14.4. The molecule has 1 unspecified atom stereocenters. The Kier molecular flexibility index (Phi) is 4.84. The molecule has 0 radical (unpaired) electrons. The molecular weight excluding hydrogens is 212 g/mol. The van der Waals surface area contributed by atoms with Gasteiger partial charge in [-0.05, 0) is 51.1 Å². The van der Waals surface area contributed by atoms with Crippen molar-refractivity contribution >= 4 is 5.91 Å². The molecule has 1 atom stereocenters. The fourth-order valence-corrected chi connectivity index (χ4v) is 2.67. The Labute approximate surface area is 105 Å². The van der Waals surface area contributed by atoms with Crippen molar-refractivity contribution in [2.75, 3.05) is 19.6 Å². The van der Waals surface area contributed by atoms with Gasteiger partial charge in [-0.1, -0.05) is 13.3 Å². The third-order valence-corrected chi connectivity index (χ3v) is 3.91. The van der Waals surface area contributed by atoms with Crippen LogP contribution in [0.15, 0.2) is 0 Å². The van der Waals surface area contributed by atoms with Crippen LogP contribution < -0.4 is 5.32 Å². The van der Waals surface area contributed by atoms with E-state index in [0.717, 1.165) is 38.9 Å². The van der Waals surface area contributed by atoms with Crippen LogP contribution in [0.5, 0.6) is 0 Å². The lowest BCUT2D eigenvalue weighted by molar-refractivity contribution is -0.132. The molecule has 3 heteroatoms. The van der Waals surface area contributed by atoms with E-state index in [1.54, 1.807) is 0 Å². The highest BCUT2D eigenvalue weighted by Gasteiger charge is 2.33. The van der Waals surface area contributed by atoms with Crippen molar-refractivity contribution in [3.05, 3.63) is 0 Å². The Morgan fingerprint density at radius 2 is 2.18 bits per heavy atom. The Balaban J connectivity index is 1.81. The minimum atomic E-state index is 0.403. The number of rotatable bonds is 6. The van der Waals surface area contributed by atoms with Crippen molar-refractivity contribution in [3.8, 4) is 0 Å². The maximum atomic E-state index is 12.2. The Morgan fingerprint density at radius 1 is 1.35 bits per heavy atom. The molecule has 2 rings (SSSR count). The Hall–Kier alpha value is -0.570. The van der Waals surface area contributed by atoms with Crippen molar-refractivity contribution in [3.63, 3.8) is 0 Å². The van der Waals surface area contributed by atoms with Gasteiger partial charge in [-0.3, -0.25) is 4.79 Å². The molecule has 2 aliphatic rings. The summed E-state index contributed by atoms with van der Waals surface area (Å²) < 4.78 is 0.